The molecular weight excluding hydrogens is 522 g/mol. The summed E-state index contributed by atoms with van der Waals surface area (Å²) in [5, 5.41) is 7.80. The zero-order valence-corrected chi connectivity index (χ0v) is 24.7. The van der Waals surface area contributed by atoms with Crippen molar-refractivity contribution in [1.29, 1.82) is 0 Å². The predicted octanol–water partition coefficient (Wildman–Crippen LogP) is 6.73. The SMILES string of the molecule is CC(C)(C)c1ccc(N2Cc3cccc(NCc4cccc5cccnc45)c3C2=O)cc1NC(=O)CN1CCCCC1. The highest BCUT2D eigenvalue weighted by molar-refractivity contribution is 6.13. The molecular formula is C35H39N5O2. The Morgan fingerprint density at radius 3 is 2.52 bits per heavy atom. The Labute approximate surface area is 247 Å². The van der Waals surface area contributed by atoms with Crippen molar-refractivity contribution in [2.45, 2.75) is 58.5 Å². The quantitative estimate of drug-likeness (QED) is 0.262. The Hall–Kier alpha value is -4.23. The highest BCUT2D eigenvalue weighted by Crippen LogP contribution is 2.37. The first-order valence-corrected chi connectivity index (χ1v) is 14.9. The van der Waals surface area contributed by atoms with Crippen LogP contribution in [0.3, 0.4) is 0 Å². The number of hydrogen-bond donors (Lipinski definition) is 2. The van der Waals surface area contributed by atoms with E-state index in [0.717, 1.165) is 70.6 Å². The molecule has 2 N–H and O–H groups in total. The minimum atomic E-state index is -0.169. The summed E-state index contributed by atoms with van der Waals surface area (Å²) >= 11 is 0. The molecule has 3 aromatic carbocycles. The Bertz CT molecular complexity index is 1630. The number of pyridine rings is 1. The second kappa shape index (κ2) is 11.6. The standard InChI is InChI=1S/C35H39N5O2/c1-35(2,3)28-16-15-27(20-30(28)38-31(41)23-39-18-5-4-6-19-39)40-22-26-12-8-14-29(32(26)34(40)42)37-21-25-11-7-10-24-13-9-17-36-33(24)25/h7-17,20,37H,4-6,18-19,21-23H2,1-3H3,(H,38,41). The van der Waals surface area contributed by atoms with Crippen LogP contribution < -0.4 is 15.5 Å². The fourth-order valence-corrected chi connectivity index (χ4v) is 6.19. The molecule has 3 heterocycles. The fraction of sp³-hybridized carbons (Fsp3) is 0.343. The van der Waals surface area contributed by atoms with Gasteiger partial charge in [-0.25, -0.2) is 0 Å². The van der Waals surface area contributed by atoms with Gasteiger partial charge in [0.1, 0.15) is 0 Å². The maximum absolute atomic E-state index is 13.9. The number of anilines is 3. The van der Waals surface area contributed by atoms with E-state index in [9.17, 15) is 9.59 Å². The van der Waals surface area contributed by atoms with Crippen molar-refractivity contribution in [3.63, 3.8) is 0 Å². The van der Waals surface area contributed by atoms with E-state index < -0.39 is 0 Å². The molecule has 7 nitrogen and oxygen atoms in total. The molecule has 4 aromatic rings. The number of likely N-dealkylation sites (tertiary alicyclic amines) is 1. The molecule has 2 amide bonds. The summed E-state index contributed by atoms with van der Waals surface area (Å²) in [6, 6.07) is 22.2. The van der Waals surface area contributed by atoms with Gasteiger partial charge in [0.2, 0.25) is 5.91 Å². The van der Waals surface area contributed by atoms with Crippen LogP contribution in [0.1, 0.15) is 67.1 Å². The number of aromatic nitrogens is 1. The van der Waals surface area contributed by atoms with Gasteiger partial charge < -0.3 is 15.5 Å². The normalized spacial score (nSPS) is 15.6. The predicted molar refractivity (Wildman–Crippen MR) is 170 cm³/mol. The van der Waals surface area contributed by atoms with E-state index in [-0.39, 0.29) is 17.2 Å². The van der Waals surface area contributed by atoms with Gasteiger partial charge in [-0.1, -0.05) is 69.7 Å². The number of fused-ring (bicyclic) bond motifs is 2. The van der Waals surface area contributed by atoms with Gasteiger partial charge in [0, 0.05) is 35.2 Å². The Morgan fingerprint density at radius 1 is 0.929 bits per heavy atom. The number of carbonyl (C=O) groups is 2. The van der Waals surface area contributed by atoms with E-state index >= 15 is 0 Å². The van der Waals surface area contributed by atoms with Crippen molar-refractivity contribution >= 4 is 39.8 Å². The fourth-order valence-electron chi connectivity index (χ4n) is 6.19. The summed E-state index contributed by atoms with van der Waals surface area (Å²) in [6.07, 6.45) is 5.33. The monoisotopic (exact) mass is 561 g/mol. The lowest BCUT2D eigenvalue weighted by molar-refractivity contribution is -0.117. The van der Waals surface area contributed by atoms with Gasteiger partial charge in [-0.2, -0.15) is 0 Å². The van der Waals surface area contributed by atoms with Crippen molar-refractivity contribution in [3.05, 3.63) is 95.2 Å². The Morgan fingerprint density at radius 2 is 1.71 bits per heavy atom. The third kappa shape index (κ3) is 5.74. The average Bonchev–Trinajstić information content (AvgIpc) is 3.32. The summed E-state index contributed by atoms with van der Waals surface area (Å²) in [5.41, 5.74) is 6.96. The number of carbonyl (C=O) groups excluding carboxylic acids is 2. The maximum atomic E-state index is 13.9. The Balaban J connectivity index is 1.24. The van der Waals surface area contributed by atoms with Crippen molar-refractivity contribution in [3.8, 4) is 0 Å². The second-order valence-electron chi connectivity index (χ2n) is 12.4. The topological polar surface area (TPSA) is 77.6 Å². The molecule has 1 fully saturated rings. The third-order valence-electron chi connectivity index (χ3n) is 8.34. The highest BCUT2D eigenvalue weighted by atomic mass is 16.2. The number of hydrogen-bond acceptors (Lipinski definition) is 5. The molecule has 216 valence electrons. The zero-order chi connectivity index (χ0) is 29.3. The average molecular weight is 562 g/mol. The molecule has 2 aliphatic rings. The number of nitrogens with one attached hydrogen (secondary N) is 2. The minimum Gasteiger partial charge on any atom is -0.380 e. The molecule has 0 atom stereocenters. The van der Waals surface area contributed by atoms with Crippen molar-refractivity contribution in [1.82, 2.24) is 9.88 Å². The van der Waals surface area contributed by atoms with Crippen LogP contribution in [0.25, 0.3) is 10.9 Å². The summed E-state index contributed by atoms with van der Waals surface area (Å²) in [7, 11) is 0. The molecule has 1 aromatic heterocycles. The first kappa shape index (κ1) is 27.9. The van der Waals surface area contributed by atoms with E-state index in [1.54, 1.807) is 0 Å². The van der Waals surface area contributed by atoms with Gasteiger partial charge in [-0.05, 0) is 72.3 Å². The number of amides is 2. The summed E-state index contributed by atoms with van der Waals surface area (Å²) in [4.78, 5) is 35.6. The largest absolute Gasteiger partial charge is 0.380 e. The van der Waals surface area contributed by atoms with Gasteiger partial charge in [0.15, 0.2) is 0 Å². The number of nitrogens with zero attached hydrogens (tertiary/aromatic N) is 3. The molecule has 0 unspecified atom stereocenters. The summed E-state index contributed by atoms with van der Waals surface area (Å²) in [5.74, 6) is -0.0526. The summed E-state index contributed by atoms with van der Waals surface area (Å²) < 4.78 is 0. The molecule has 0 aliphatic carbocycles. The van der Waals surface area contributed by atoms with Crippen LogP contribution in [0.15, 0.2) is 72.9 Å². The molecule has 0 spiro atoms. The molecule has 0 bridgehead atoms. The second-order valence-corrected chi connectivity index (χ2v) is 12.4. The van der Waals surface area contributed by atoms with Crippen LogP contribution in [0, 0.1) is 0 Å². The van der Waals surface area contributed by atoms with Crippen molar-refractivity contribution in [2.75, 3.05) is 35.2 Å². The van der Waals surface area contributed by atoms with E-state index in [0.29, 0.717) is 25.2 Å². The summed E-state index contributed by atoms with van der Waals surface area (Å²) in [6.45, 7) is 9.79. The number of rotatable bonds is 7. The molecule has 6 rings (SSSR count). The molecule has 2 aliphatic heterocycles. The van der Waals surface area contributed by atoms with Gasteiger partial charge in [-0.3, -0.25) is 19.5 Å². The van der Waals surface area contributed by atoms with Crippen LogP contribution in [-0.2, 0) is 23.3 Å². The lowest BCUT2D eigenvalue weighted by atomic mass is 9.85. The van der Waals surface area contributed by atoms with Crippen LogP contribution in [0.5, 0.6) is 0 Å². The van der Waals surface area contributed by atoms with Crippen LogP contribution >= 0.6 is 0 Å². The lowest BCUT2D eigenvalue weighted by Gasteiger charge is -2.28. The Kier molecular flexibility index (Phi) is 7.69. The van der Waals surface area contributed by atoms with Gasteiger partial charge in [-0.15, -0.1) is 0 Å². The van der Waals surface area contributed by atoms with Crippen molar-refractivity contribution < 1.29 is 9.59 Å². The van der Waals surface area contributed by atoms with Crippen LogP contribution in [0.2, 0.25) is 0 Å². The van der Waals surface area contributed by atoms with Crippen molar-refractivity contribution in [2.24, 2.45) is 0 Å². The molecule has 7 heteroatoms. The zero-order valence-electron chi connectivity index (χ0n) is 24.7. The lowest BCUT2D eigenvalue weighted by Crippen LogP contribution is -2.37. The molecule has 1 saturated heterocycles. The number of piperidine rings is 1. The van der Waals surface area contributed by atoms with Gasteiger partial charge in [0.25, 0.3) is 5.91 Å². The number of para-hydroxylation sites is 1. The molecule has 0 radical (unpaired) electrons. The first-order valence-electron chi connectivity index (χ1n) is 14.9. The van der Waals surface area contributed by atoms with E-state index in [4.69, 9.17) is 0 Å². The molecule has 0 saturated carbocycles. The van der Waals surface area contributed by atoms with Gasteiger partial charge >= 0.3 is 0 Å². The van der Waals surface area contributed by atoms with Crippen LogP contribution in [0.4, 0.5) is 17.1 Å². The maximum Gasteiger partial charge on any atom is 0.261 e. The smallest absolute Gasteiger partial charge is 0.261 e. The third-order valence-corrected chi connectivity index (χ3v) is 8.34. The van der Waals surface area contributed by atoms with Crippen LogP contribution in [-0.4, -0.2) is 41.3 Å². The highest BCUT2D eigenvalue weighted by Gasteiger charge is 2.32. The van der Waals surface area contributed by atoms with Gasteiger partial charge in [0.05, 0.1) is 24.2 Å². The minimum absolute atomic E-state index is 0.00926. The number of benzene rings is 3. The first-order chi connectivity index (χ1) is 20.3. The molecule has 42 heavy (non-hydrogen) atoms. The van der Waals surface area contributed by atoms with E-state index in [1.165, 1.54) is 6.42 Å². The van der Waals surface area contributed by atoms with E-state index in [1.807, 2.05) is 53.6 Å². The van der Waals surface area contributed by atoms with E-state index in [2.05, 4.69) is 65.6 Å².